The summed E-state index contributed by atoms with van der Waals surface area (Å²) in [5.41, 5.74) is 9.17. The maximum absolute atomic E-state index is 6.19. The lowest BCUT2D eigenvalue weighted by Crippen LogP contribution is -2.53. The lowest BCUT2D eigenvalue weighted by molar-refractivity contribution is -0.0704. The van der Waals surface area contributed by atoms with Gasteiger partial charge in [-0.15, -0.1) is 0 Å². The highest BCUT2D eigenvalue weighted by Crippen LogP contribution is 2.65. The van der Waals surface area contributed by atoms with Gasteiger partial charge < -0.3 is 10.2 Å². The Morgan fingerprint density at radius 3 is 2.67 bits per heavy atom. The van der Waals surface area contributed by atoms with E-state index in [2.05, 4.69) is 6.92 Å². The molecule has 0 saturated heterocycles. The first kappa shape index (κ1) is 12.1. The summed E-state index contributed by atoms with van der Waals surface area (Å²) in [5, 5.41) is 0. The third-order valence-electron chi connectivity index (χ3n) is 6.22. The number of nitrogens with zero attached hydrogens (tertiary/aromatic N) is 1. The summed E-state index contributed by atoms with van der Waals surface area (Å²) >= 11 is 0. The molecular formula is C18H22N2O. The second kappa shape index (κ2) is 3.63. The normalized spacial score (nSPS) is 41.0. The van der Waals surface area contributed by atoms with Crippen LogP contribution in [-0.4, -0.2) is 4.98 Å². The average molecular weight is 282 g/mol. The summed E-state index contributed by atoms with van der Waals surface area (Å²) in [7, 11) is 0. The molecule has 4 aliphatic rings. The zero-order chi connectivity index (χ0) is 14.2. The van der Waals surface area contributed by atoms with Crippen LogP contribution >= 0.6 is 0 Å². The van der Waals surface area contributed by atoms with Gasteiger partial charge in [-0.05, 0) is 74.0 Å². The average Bonchev–Trinajstić information content (AvgIpc) is 2.79. The predicted molar refractivity (Wildman–Crippen MR) is 82.9 cm³/mol. The van der Waals surface area contributed by atoms with Crippen molar-refractivity contribution in [2.24, 2.45) is 17.3 Å². The van der Waals surface area contributed by atoms with E-state index in [0.29, 0.717) is 5.41 Å². The van der Waals surface area contributed by atoms with Crippen LogP contribution in [0.3, 0.4) is 0 Å². The van der Waals surface area contributed by atoms with Crippen molar-refractivity contribution < 1.29 is 4.42 Å². The molecule has 1 heterocycles. The Balaban J connectivity index is 1.64. The van der Waals surface area contributed by atoms with Crippen LogP contribution in [0.5, 0.6) is 0 Å². The van der Waals surface area contributed by atoms with E-state index in [-0.39, 0.29) is 5.41 Å². The lowest BCUT2D eigenvalue weighted by atomic mass is 9.44. The first-order valence-electron chi connectivity index (χ1n) is 8.20. The van der Waals surface area contributed by atoms with Crippen LogP contribution in [0.2, 0.25) is 0 Å². The van der Waals surface area contributed by atoms with Gasteiger partial charge in [-0.25, -0.2) is 4.98 Å². The number of anilines is 1. The Morgan fingerprint density at radius 2 is 1.95 bits per heavy atom. The van der Waals surface area contributed by atoms with E-state index in [9.17, 15) is 0 Å². The zero-order valence-electron chi connectivity index (χ0n) is 12.6. The summed E-state index contributed by atoms with van der Waals surface area (Å²) in [6, 6.07) is 5.80. The predicted octanol–water partition coefficient (Wildman–Crippen LogP) is 4.27. The fraction of sp³-hybridized carbons (Fsp3) is 0.611. The lowest BCUT2D eigenvalue weighted by Gasteiger charge is -2.60. The summed E-state index contributed by atoms with van der Waals surface area (Å²) in [6.45, 7) is 2.49. The summed E-state index contributed by atoms with van der Waals surface area (Å²) in [4.78, 5) is 4.85. The van der Waals surface area contributed by atoms with Crippen molar-refractivity contribution >= 4 is 16.8 Å². The van der Waals surface area contributed by atoms with Gasteiger partial charge in [0.15, 0.2) is 5.58 Å². The van der Waals surface area contributed by atoms with Gasteiger partial charge in [0.25, 0.3) is 0 Å². The van der Waals surface area contributed by atoms with Crippen molar-refractivity contribution in [1.29, 1.82) is 0 Å². The Bertz CT molecular complexity index is 718. The van der Waals surface area contributed by atoms with Crippen LogP contribution < -0.4 is 5.73 Å². The molecule has 3 nitrogen and oxygen atoms in total. The minimum Gasteiger partial charge on any atom is -0.440 e. The highest BCUT2D eigenvalue weighted by molar-refractivity contribution is 5.76. The van der Waals surface area contributed by atoms with E-state index >= 15 is 0 Å². The van der Waals surface area contributed by atoms with Crippen LogP contribution in [0.1, 0.15) is 51.3 Å². The minimum absolute atomic E-state index is 0.201. The van der Waals surface area contributed by atoms with Crippen molar-refractivity contribution in [2.75, 3.05) is 5.73 Å². The molecule has 0 aliphatic heterocycles. The zero-order valence-corrected chi connectivity index (χ0v) is 12.6. The van der Waals surface area contributed by atoms with Crippen LogP contribution in [0.4, 0.5) is 5.69 Å². The number of hydrogen-bond acceptors (Lipinski definition) is 3. The SMILES string of the molecule is CC12CC3CC(C1)CC(c1nc4cc(N)ccc4o1)(C3)C2. The van der Waals surface area contributed by atoms with Crippen molar-refractivity contribution in [3.63, 3.8) is 0 Å². The monoisotopic (exact) mass is 282 g/mol. The number of benzene rings is 1. The summed E-state index contributed by atoms with van der Waals surface area (Å²) in [6.07, 6.45) is 8.08. The van der Waals surface area contributed by atoms with E-state index in [1.807, 2.05) is 18.2 Å². The molecule has 6 rings (SSSR count). The van der Waals surface area contributed by atoms with E-state index < -0.39 is 0 Å². The van der Waals surface area contributed by atoms with Crippen LogP contribution in [-0.2, 0) is 5.41 Å². The fourth-order valence-corrected chi connectivity index (χ4v) is 6.14. The molecule has 2 aromatic rings. The van der Waals surface area contributed by atoms with Crippen molar-refractivity contribution in [2.45, 2.75) is 50.9 Å². The number of aromatic nitrogens is 1. The Labute approximate surface area is 124 Å². The van der Waals surface area contributed by atoms with Gasteiger partial charge in [0.1, 0.15) is 5.52 Å². The Kier molecular flexibility index (Phi) is 2.09. The summed E-state index contributed by atoms with van der Waals surface area (Å²) < 4.78 is 6.19. The molecule has 4 aliphatic carbocycles. The molecule has 1 aromatic heterocycles. The third kappa shape index (κ3) is 1.63. The first-order chi connectivity index (χ1) is 10.0. The largest absolute Gasteiger partial charge is 0.440 e. The van der Waals surface area contributed by atoms with Crippen molar-refractivity contribution in [1.82, 2.24) is 4.98 Å². The third-order valence-corrected chi connectivity index (χ3v) is 6.22. The van der Waals surface area contributed by atoms with Crippen LogP contribution in [0, 0.1) is 17.3 Å². The number of nitrogens with two attached hydrogens (primary N) is 1. The molecule has 2 unspecified atom stereocenters. The van der Waals surface area contributed by atoms with Gasteiger partial charge in [0.05, 0.1) is 0 Å². The maximum atomic E-state index is 6.19. The van der Waals surface area contributed by atoms with E-state index in [4.69, 9.17) is 15.1 Å². The highest BCUT2D eigenvalue weighted by atomic mass is 16.3. The molecule has 0 spiro atoms. The van der Waals surface area contributed by atoms with E-state index in [0.717, 1.165) is 34.5 Å². The number of nitrogen functional groups attached to an aromatic ring is 1. The number of rotatable bonds is 1. The standard InChI is InChI=1S/C18H22N2O/c1-17-6-11-4-12(7-17)9-18(8-11,10-17)16-20-14-5-13(19)2-3-15(14)21-16/h2-3,5,11-12H,4,6-10,19H2,1H3. The van der Waals surface area contributed by atoms with E-state index in [1.54, 1.807) is 0 Å². The second-order valence-electron chi connectivity index (χ2n) is 8.30. The highest BCUT2D eigenvalue weighted by Gasteiger charge is 2.58. The molecule has 3 heteroatoms. The fourth-order valence-electron chi connectivity index (χ4n) is 6.14. The quantitative estimate of drug-likeness (QED) is 0.795. The molecule has 2 atom stereocenters. The van der Waals surface area contributed by atoms with Gasteiger partial charge in [-0.3, -0.25) is 0 Å². The van der Waals surface area contributed by atoms with Gasteiger partial charge in [-0.2, -0.15) is 0 Å². The maximum Gasteiger partial charge on any atom is 0.201 e. The Hall–Kier alpha value is -1.51. The Morgan fingerprint density at radius 1 is 1.19 bits per heavy atom. The second-order valence-corrected chi connectivity index (χ2v) is 8.30. The molecule has 0 amide bonds. The smallest absolute Gasteiger partial charge is 0.201 e. The number of oxazole rings is 1. The molecule has 21 heavy (non-hydrogen) atoms. The molecule has 1 aromatic carbocycles. The van der Waals surface area contributed by atoms with Crippen LogP contribution in [0.15, 0.2) is 22.6 Å². The van der Waals surface area contributed by atoms with Gasteiger partial charge in [-0.1, -0.05) is 6.92 Å². The van der Waals surface area contributed by atoms with Gasteiger partial charge in [0, 0.05) is 11.1 Å². The molecular weight excluding hydrogens is 260 g/mol. The minimum atomic E-state index is 0.201. The van der Waals surface area contributed by atoms with Gasteiger partial charge in [0.2, 0.25) is 5.89 Å². The molecule has 4 saturated carbocycles. The van der Waals surface area contributed by atoms with Crippen molar-refractivity contribution in [3.05, 3.63) is 24.1 Å². The van der Waals surface area contributed by atoms with Gasteiger partial charge >= 0.3 is 0 Å². The first-order valence-corrected chi connectivity index (χ1v) is 8.20. The van der Waals surface area contributed by atoms with Crippen molar-refractivity contribution in [3.8, 4) is 0 Å². The number of fused-ring (bicyclic) bond motifs is 1. The molecule has 4 fully saturated rings. The topological polar surface area (TPSA) is 52.0 Å². The van der Waals surface area contributed by atoms with E-state index in [1.165, 1.54) is 38.5 Å². The molecule has 110 valence electrons. The molecule has 4 bridgehead atoms. The molecule has 0 radical (unpaired) electrons. The summed E-state index contributed by atoms with van der Waals surface area (Å²) in [5.74, 6) is 2.76. The van der Waals surface area contributed by atoms with Crippen LogP contribution in [0.25, 0.3) is 11.1 Å². The number of hydrogen-bond donors (Lipinski definition) is 1. The molecule has 2 N–H and O–H groups in total.